The number of nitrogens with one attached hydrogen (secondary N) is 2. The topological polar surface area (TPSA) is 114 Å². The van der Waals surface area contributed by atoms with Gasteiger partial charge < -0.3 is 20.1 Å². The van der Waals surface area contributed by atoms with Gasteiger partial charge in [0.2, 0.25) is 15.9 Å². The molecule has 1 fully saturated rings. The largest absolute Gasteiger partial charge is 0.497 e. The highest BCUT2D eigenvalue weighted by atomic mass is 32.2. The van der Waals surface area contributed by atoms with Gasteiger partial charge in [0.05, 0.1) is 17.7 Å². The Hall–Kier alpha value is -3.11. The third-order valence-corrected chi connectivity index (χ3v) is 7.39. The summed E-state index contributed by atoms with van der Waals surface area (Å²) in [5.41, 5.74) is 1.42. The molecule has 1 saturated heterocycles. The summed E-state index contributed by atoms with van der Waals surface area (Å²) in [6.07, 6.45) is 0.998. The molecular formula is C21H23N3O6S. The number of amides is 2. The molecule has 4 rings (SSSR count). The van der Waals surface area contributed by atoms with E-state index in [2.05, 4.69) is 10.6 Å². The molecule has 9 nitrogen and oxygen atoms in total. The number of fused-ring (bicyclic) bond motifs is 1. The zero-order valence-corrected chi connectivity index (χ0v) is 18.0. The van der Waals surface area contributed by atoms with Gasteiger partial charge in [0.25, 0.3) is 5.91 Å². The molecule has 0 bridgehead atoms. The van der Waals surface area contributed by atoms with Gasteiger partial charge in [0.1, 0.15) is 17.5 Å². The Morgan fingerprint density at radius 3 is 2.87 bits per heavy atom. The number of sulfonamides is 1. The standard InChI is InChI=1S/C21H23N3O6S/c1-13-9-16-18(30-12-20(25)23-16)11-19(13)31(27,28)24-8-4-7-17(24)21(26)22-14-5-3-6-15(10-14)29-2/h3,5-6,9-11,17H,4,7-8,12H2,1-2H3,(H,22,26)(H,23,25)/t17-/m0/s1. The number of carbonyl (C=O) groups excluding carboxylic acids is 2. The number of rotatable bonds is 5. The van der Waals surface area contributed by atoms with E-state index in [-0.39, 0.29) is 24.0 Å². The van der Waals surface area contributed by atoms with Crippen molar-refractivity contribution in [2.24, 2.45) is 0 Å². The number of carbonyl (C=O) groups is 2. The maximum atomic E-state index is 13.5. The highest BCUT2D eigenvalue weighted by Gasteiger charge is 2.40. The van der Waals surface area contributed by atoms with Gasteiger partial charge in [-0.2, -0.15) is 4.31 Å². The minimum Gasteiger partial charge on any atom is -0.497 e. The van der Waals surface area contributed by atoms with Crippen LogP contribution in [0.3, 0.4) is 0 Å². The van der Waals surface area contributed by atoms with Crippen molar-refractivity contribution in [1.29, 1.82) is 0 Å². The lowest BCUT2D eigenvalue weighted by molar-refractivity contribution is -0.119. The molecular weight excluding hydrogens is 422 g/mol. The summed E-state index contributed by atoms with van der Waals surface area (Å²) in [6, 6.07) is 9.04. The van der Waals surface area contributed by atoms with E-state index in [9.17, 15) is 18.0 Å². The first-order chi connectivity index (χ1) is 14.8. The average molecular weight is 445 g/mol. The van der Waals surface area contributed by atoms with Gasteiger partial charge in [-0.05, 0) is 43.5 Å². The molecule has 2 N–H and O–H groups in total. The van der Waals surface area contributed by atoms with Crippen LogP contribution < -0.4 is 20.1 Å². The van der Waals surface area contributed by atoms with Crippen LogP contribution in [0, 0.1) is 6.92 Å². The van der Waals surface area contributed by atoms with Crippen molar-refractivity contribution in [1.82, 2.24) is 4.31 Å². The van der Waals surface area contributed by atoms with Crippen molar-refractivity contribution in [3.05, 3.63) is 42.0 Å². The lowest BCUT2D eigenvalue weighted by atomic mass is 10.2. The molecule has 31 heavy (non-hydrogen) atoms. The molecule has 2 heterocycles. The monoisotopic (exact) mass is 445 g/mol. The van der Waals surface area contributed by atoms with Gasteiger partial charge in [0, 0.05) is 24.4 Å². The average Bonchev–Trinajstić information content (AvgIpc) is 3.24. The normalized spacial score (nSPS) is 18.6. The second-order valence-corrected chi connectivity index (χ2v) is 9.30. The van der Waals surface area contributed by atoms with Gasteiger partial charge in [-0.3, -0.25) is 9.59 Å². The number of hydrogen-bond donors (Lipinski definition) is 2. The summed E-state index contributed by atoms with van der Waals surface area (Å²) in [4.78, 5) is 24.5. The minimum absolute atomic E-state index is 0.0588. The maximum absolute atomic E-state index is 13.5. The molecule has 2 aromatic rings. The lowest BCUT2D eigenvalue weighted by Crippen LogP contribution is -2.43. The summed E-state index contributed by atoms with van der Waals surface area (Å²) < 4.78 is 38.7. The van der Waals surface area contributed by atoms with E-state index in [0.717, 1.165) is 0 Å². The third kappa shape index (κ3) is 4.08. The number of aryl methyl sites for hydroxylation is 1. The molecule has 164 valence electrons. The van der Waals surface area contributed by atoms with Crippen LogP contribution in [-0.2, 0) is 19.6 Å². The van der Waals surface area contributed by atoms with E-state index >= 15 is 0 Å². The van der Waals surface area contributed by atoms with Crippen LogP contribution in [0.25, 0.3) is 0 Å². The Balaban J connectivity index is 1.60. The highest BCUT2D eigenvalue weighted by Crippen LogP contribution is 2.36. The fourth-order valence-corrected chi connectivity index (χ4v) is 5.72. The molecule has 0 aliphatic carbocycles. The molecule has 10 heteroatoms. The van der Waals surface area contributed by atoms with Crippen LogP contribution in [0.2, 0.25) is 0 Å². The van der Waals surface area contributed by atoms with Crippen LogP contribution >= 0.6 is 0 Å². The highest BCUT2D eigenvalue weighted by molar-refractivity contribution is 7.89. The maximum Gasteiger partial charge on any atom is 0.262 e. The van der Waals surface area contributed by atoms with Crippen molar-refractivity contribution in [3.8, 4) is 11.5 Å². The van der Waals surface area contributed by atoms with Crippen molar-refractivity contribution in [2.45, 2.75) is 30.7 Å². The predicted octanol–water partition coefficient (Wildman–Crippen LogP) is 2.13. The summed E-state index contributed by atoms with van der Waals surface area (Å²) in [6.45, 7) is 1.72. The molecule has 2 aliphatic heterocycles. The van der Waals surface area contributed by atoms with E-state index < -0.39 is 22.0 Å². The molecule has 2 aromatic carbocycles. The van der Waals surface area contributed by atoms with E-state index in [1.807, 2.05) is 0 Å². The number of methoxy groups -OCH3 is 1. The fraction of sp³-hybridized carbons (Fsp3) is 0.333. The van der Waals surface area contributed by atoms with Gasteiger partial charge in [-0.1, -0.05) is 6.07 Å². The Morgan fingerprint density at radius 2 is 2.10 bits per heavy atom. The van der Waals surface area contributed by atoms with E-state index in [1.54, 1.807) is 37.3 Å². The van der Waals surface area contributed by atoms with Gasteiger partial charge in [-0.15, -0.1) is 0 Å². The number of nitrogens with zero attached hydrogens (tertiary/aromatic N) is 1. The summed E-state index contributed by atoms with van der Waals surface area (Å²) in [5, 5.41) is 5.45. The zero-order valence-electron chi connectivity index (χ0n) is 17.2. The number of benzene rings is 2. The first-order valence-electron chi connectivity index (χ1n) is 9.83. The van der Waals surface area contributed by atoms with Crippen molar-refractivity contribution in [2.75, 3.05) is 30.9 Å². The van der Waals surface area contributed by atoms with Crippen molar-refractivity contribution >= 4 is 33.2 Å². The van der Waals surface area contributed by atoms with E-state index in [1.165, 1.54) is 17.5 Å². The van der Waals surface area contributed by atoms with Gasteiger partial charge in [0.15, 0.2) is 6.61 Å². The number of anilines is 2. The second-order valence-electron chi connectivity index (χ2n) is 7.45. The first kappa shape index (κ1) is 21.1. The zero-order chi connectivity index (χ0) is 22.2. The molecule has 0 spiro atoms. The molecule has 2 amide bonds. The molecule has 2 aliphatic rings. The Morgan fingerprint density at radius 1 is 1.29 bits per heavy atom. The summed E-state index contributed by atoms with van der Waals surface area (Å²) in [7, 11) is -2.43. The lowest BCUT2D eigenvalue weighted by Gasteiger charge is -2.26. The number of hydrogen-bond acceptors (Lipinski definition) is 6. The Bertz CT molecular complexity index is 1150. The predicted molar refractivity (Wildman–Crippen MR) is 114 cm³/mol. The Labute approximate surface area is 180 Å². The molecule has 0 unspecified atom stereocenters. The second kappa shape index (κ2) is 8.20. The van der Waals surface area contributed by atoms with Crippen LogP contribution in [0.5, 0.6) is 11.5 Å². The van der Waals surface area contributed by atoms with Crippen LogP contribution in [0.1, 0.15) is 18.4 Å². The fourth-order valence-electron chi connectivity index (χ4n) is 3.84. The minimum atomic E-state index is -3.96. The van der Waals surface area contributed by atoms with Crippen LogP contribution in [0.15, 0.2) is 41.3 Å². The van der Waals surface area contributed by atoms with Gasteiger partial charge >= 0.3 is 0 Å². The Kier molecular flexibility index (Phi) is 5.59. The summed E-state index contributed by atoms with van der Waals surface area (Å²) in [5.74, 6) is 0.190. The van der Waals surface area contributed by atoms with E-state index in [4.69, 9.17) is 9.47 Å². The van der Waals surface area contributed by atoms with E-state index in [0.29, 0.717) is 41.3 Å². The summed E-state index contributed by atoms with van der Waals surface area (Å²) >= 11 is 0. The smallest absolute Gasteiger partial charge is 0.262 e. The van der Waals surface area contributed by atoms with Crippen molar-refractivity contribution in [3.63, 3.8) is 0 Å². The van der Waals surface area contributed by atoms with Crippen LogP contribution in [0.4, 0.5) is 11.4 Å². The number of ether oxygens (including phenoxy) is 2. The third-order valence-electron chi connectivity index (χ3n) is 5.34. The first-order valence-corrected chi connectivity index (χ1v) is 11.3. The molecule has 0 saturated carbocycles. The molecule has 1 atom stereocenters. The van der Waals surface area contributed by atoms with Crippen LogP contribution in [-0.4, -0.2) is 50.8 Å². The van der Waals surface area contributed by atoms with Gasteiger partial charge in [-0.25, -0.2) is 8.42 Å². The quantitative estimate of drug-likeness (QED) is 0.729. The van der Waals surface area contributed by atoms with Crippen molar-refractivity contribution < 1.29 is 27.5 Å². The molecule has 0 radical (unpaired) electrons. The molecule has 0 aromatic heterocycles. The SMILES string of the molecule is COc1cccc(NC(=O)[C@@H]2CCCN2S(=O)(=O)c2cc3c(cc2C)NC(=O)CO3)c1.